The lowest BCUT2D eigenvalue weighted by molar-refractivity contribution is -0.137. The fourth-order valence-corrected chi connectivity index (χ4v) is 2.08. The Labute approximate surface area is 128 Å². The molecule has 0 radical (unpaired) electrons. The number of carboxylic acids is 1. The minimum Gasteiger partial charge on any atom is -0.481 e. The molecule has 0 aliphatic heterocycles. The molecule has 0 aliphatic carbocycles. The Hall–Kier alpha value is -2.63. The third kappa shape index (κ3) is 4.44. The highest BCUT2D eigenvalue weighted by Crippen LogP contribution is 2.12. The number of urea groups is 1. The fourth-order valence-electron chi connectivity index (χ4n) is 2.08. The number of carbonyl (C=O) groups excluding carboxylic acids is 1. The molecule has 0 unspecified atom stereocenters. The molecule has 6 heteroatoms. The van der Waals surface area contributed by atoms with Crippen LogP contribution in [0.15, 0.2) is 36.4 Å². The average Bonchev–Trinajstić information content (AvgIpc) is 2.51. The Morgan fingerprint density at radius 1 is 1.23 bits per heavy atom. The zero-order chi connectivity index (χ0) is 15.9. The van der Waals surface area contributed by atoms with E-state index in [9.17, 15) is 9.59 Å². The topological polar surface area (TPSA) is 82.5 Å². The van der Waals surface area contributed by atoms with Gasteiger partial charge >= 0.3 is 12.0 Å². The van der Waals surface area contributed by atoms with Crippen LogP contribution in [-0.2, 0) is 11.3 Å². The molecule has 2 amide bonds. The van der Waals surface area contributed by atoms with Crippen molar-refractivity contribution in [3.05, 3.63) is 42.1 Å². The van der Waals surface area contributed by atoms with Gasteiger partial charge in [0.1, 0.15) is 0 Å². The number of aliphatic carboxylic acids is 1. The number of rotatable bonds is 6. The minimum atomic E-state index is -0.858. The number of aromatic nitrogens is 1. The van der Waals surface area contributed by atoms with E-state index >= 15 is 0 Å². The Kier molecular flexibility index (Phi) is 5.30. The van der Waals surface area contributed by atoms with Crippen LogP contribution in [0.5, 0.6) is 0 Å². The molecule has 0 saturated carbocycles. The summed E-state index contributed by atoms with van der Waals surface area (Å²) >= 11 is 0. The number of nitrogens with zero attached hydrogens (tertiary/aromatic N) is 2. The summed E-state index contributed by atoms with van der Waals surface area (Å²) in [5.74, 6) is -0.858. The van der Waals surface area contributed by atoms with E-state index in [2.05, 4.69) is 10.3 Å². The molecule has 0 aliphatic rings. The number of amides is 2. The van der Waals surface area contributed by atoms with Crippen LogP contribution in [0.3, 0.4) is 0 Å². The normalized spacial score (nSPS) is 10.4. The van der Waals surface area contributed by atoms with Crippen molar-refractivity contribution < 1.29 is 14.7 Å². The Morgan fingerprint density at radius 2 is 2.00 bits per heavy atom. The van der Waals surface area contributed by atoms with Gasteiger partial charge in [0.15, 0.2) is 0 Å². The summed E-state index contributed by atoms with van der Waals surface area (Å²) in [6, 6.07) is 11.5. The van der Waals surface area contributed by atoms with Gasteiger partial charge in [-0.25, -0.2) is 4.79 Å². The third-order valence-electron chi connectivity index (χ3n) is 3.25. The van der Waals surface area contributed by atoms with Gasteiger partial charge in [0.2, 0.25) is 0 Å². The molecule has 2 rings (SSSR count). The van der Waals surface area contributed by atoms with Crippen LogP contribution in [0.25, 0.3) is 10.9 Å². The zero-order valence-electron chi connectivity index (χ0n) is 12.5. The molecule has 116 valence electrons. The molecule has 0 fully saturated rings. The van der Waals surface area contributed by atoms with E-state index in [4.69, 9.17) is 5.11 Å². The number of para-hydroxylation sites is 1. The van der Waals surface area contributed by atoms with Crippen molar-refractivity contribution >= 4 is 22.9 Å². The van der Waals surface area contributed by atoms with E-state index in [1.54, 1.807) is 7.05 Å². The van der Waals surface area contributed by atoms with E-state index in [0.29, 0.717) is 19.5 Å². The summed E-state index contributed by atoms with van der Waals surface area (Å²) in [5.41, 5.74) is 1.71. The largest absolute Gasteiger partial charge is 0.481 e. The lowest BCUT2D eigenvalue weighted by Crippen LogP contribution is -2.37. The number of pyridine rings is 1. The number of benzene rings is 1. The monoisotopic (exact) mass is 301 g/mol. The lowest BCUT2D eigenvalue weighted by Gasteiger charge is -2.17. The maximum atomic E-state index is 11.9. The van der Waals surface area contributed by atoms with Gasteiger partial charge in [0.05, 0.1) is 17.8 Å². The maximum Gasteiger partial charge on any atom is 0.317 e. The fraction of sp³-hybridized carbons (Fsp3) is 0.312. The van der Waals surface area contributed by atoms with Crippen molar-refractivity contribution in [1.82, 2.24) is 15.2 Å². The van der Waals surface area contributed by atoms with Crippen molar-refractivity contribution in [1.29, 1.82) is 0 Å². The van der Waals surface area contributed by atoms with Gasteiger partial charge in [0, 0.05) is 25.4 Å². The molecule has 0 saturated heterocycles. The van der Waals surface area contributed by atoms with Crippen LogP contribution in [0.2, 0.25) is 0 Å². The molecule has 0 atom stereocenters. The molecular formula is C16H19N3O3. The van der Waals surface area contributed by atoms with Gasteiger partial charge < -0.3 is 15.3 Å². The van der Waals surface area contributed by atoms with Gasteiger partial charge in [-0.2, -0.15) is 0 Å². The van der Waals surface area contributed by atoms with Crippen LogP contribution in [0, 0.1) is 0 Å². The first kappa shape index (κ1) is 15.8. The van der Waals surface area contributed by atoms with Crippen molar-refractivity contribution in [2.45, 2.75) is 19.4 Å². The number of nitrogens with one attached hydrogen (secondary N) is 1. The lowest BCUT2D eigenvalue weighted by atomic mass is 10.2. The highest BCUT2D eigenvalue weighted by molar-refractivity contribution is 5.78. The van der Waals surface area contributed by atoms with Gasteiger partial charge in [-0.05, 0) is 18.6 Å². The van der Waals surface area contributed by atoms with E-state index in [-0.39, 0.29) is 12.5 Å². The van der Waals surface area contributed by atoms with Gasteiger partial charge in [-0.1, -0.05) is 24.3 Å². The van der Waals surface area contributed by atoms with Crippen LogP contribution >= 0.6 is 0 Å². The molecule has 2 N–H and O–H groups in total. The first-order valence-corrected chi connectivity index (χ1v) is 7.11. The molecule has 1 aromatic carbocycles. The molecule has 0 bridgehead atoms. The van der Waals surface area contributed by atoms with Crippen molar-refractivity contribution in [3.8, 4) is 0 Å². The maximum absolute atomic E-state index is 11.9. The highest BCUT2D eigenvalue weighted by atomic mass is 16.4. The summed E-state index contributed by atoms with van der Waals surface area (Å²) < 4.78 is 0. The summed E-state index contributed by atoms with van der Waals surface area (Å²) in [7, 11) is 1.68. The van der Waals surface area contributed by atoms with Crippen molar-refractivity contribution in [2.24, 2.45) is 0 Å². The number of fused-ring (bicyclic) bond motifs is 1. The molecular weight excluding hydrogens is 282 g/mol. The molecule has 6 nitrogen and oxygen atoms in total. The van der Waals surface area contributed by atoms with Crippen molar-refractivity contribution in [3.63, 3.8) is 0 Å². The number of hydrogen-bond donors (Lipinski definition) is 2. The smallest absolute Gasteiger partial charge is 0.317 e. The second kappa shape index (κ2) is 7.40. The van der Waals surface area contributed by atoms with Gasteiger partial charge in [0.25, 0.3) is 0 Å². The molecule has 1 heterocycles. The van der Waals surface area contributed by atoms with E-state index in [0.717, 1.165) is 16.6 Å². The zero-order valence-corrected chi connectivity index (χ0v) is 12.5. The molecule has 2 aromatic rings. The molecule has 1 aromatic heterocycles. The predicted molar refractivity (Wildman–Crippen MR) is 83.5 cm³/mol. The number of hydrogen-bond acceptors (Lipinski definition) is 3. The highest BCUT2D eigenvalue weighted by Gasteiger charge is 2.09. The first-order chi connectivity index (χ1) is 10.6. The van der Waals surface area contributed by atoms with Crippen molar-refractivity contribution in [2.75, 3.05) is 13.6 Å². The van der Waals surface area contributed by atoms with Crippen LogP contribution in [-0.4, -0.2) is 40.6 Å². The Morgan fingerprint density at radius 3 is 2.77 bits per heavy atom. The molecule has 22 heavy (non-hydrogen) atoms. The number of carboxylic acid groups (broad SMARTS) is 1. The van der Waals surface area contributed by atoms with Gasteiger partial charge in [-0.3, -0.25) is 9.78 Å². The molecule has 0 spiro atoms. The summed E-state index contributed by atoms with van der Waals surface area (Å²) in [4.78, 5) is 28.3. The quantitative estimate of drug-likeness (QED) is 0.802. The second-order valence-corrected chi connectivity index (χ2v) is 5.08. The summed E-state index contributed by atoms with van der Waals surface area (Å²) in [5, 5.41) is 12.3. The summed E-state index contributed by atoms with van der Waals surface area (Å²) in [6.45, 7) is 0.746. The summed E-state index contributed by atoms with van der Waals surface area (Å²) in [6.07, 6.45) is 0.472. The van der Waals surface area contributed by atoms with E-state index in [1.165, 1.54) is 4.90 Å². The van der Waals surface area contributed by atoms with Crippen LogP contribution in [0.4, 0.5) is 4.79 Å². The minimum absolute atomic E-state index is 0.0518. The standard InChI is InChI=1S/C16H19N3O3/c1-19(16(22)17-10-4-7-15(20)21)11-13-9-8-12-5-2-3-6-14(12)18-13/h2-3,5-6,8-9H,4,7,10-11H2,1H3,(H,17,22)(H,20,21). The second-order valence-electron chi connectivity index (χ2n) is 5.08. The Balaban J connectivity index is 1.88. The van der Waals surface area contributed by atoms with E-state index in [1.807, 2.05) is 36.4 Å². The van der Waals surface area contributed by atoms with Crippen LogP contribution in [0.1, 0.15) is 18.5 Å². The SMILES string of the molecule is CN(Cc1ccc2ccccc2n1)C(=O)NCCCC(=O)O. The number of carbonyl (C=O) groups is 2. The average molecular weight is 301 g/mol. The first-order valence-electron chi connectivity index (χ1n) is 7.11. The third-order valence-corrected chi connectivity index (χ3v) is 3.25. The van der Waals surface area contributed by atoms with Crippen LogP contribution < -0.4 is 5.32 Å². The van der Waals surface area contributed by atoms with E-state index < -0.39 is 5.97 Å². The Bertz CT molecular complexity index is 672. The van der Waals surface area contributed by atoms with Gasteiger partial charge in [-0.15, -0.1) is 0 Å². The predicted octanol–water partition coefficient (Wildman–Crippen LogP) is 2.24.